The fourth-order valence-corrected chi connectivity index (χ4v) is 1.02. The van der Waals surface area contributed by atoms with E-state index >= 15 is 0 Å². The largest absolute Gasteiger partial charge is 0.493 e. The maximum Gasteiger partial charge on any atom is 0.150 e. The van der Waals surface area contributed by atoms with Crippen molar-refractivity contribution in [1.29, 1.82) is 0 Å². The van der Waals surface area contributed by atoms with Crippen LogP contribution in [0.4, 0.5) is 0 Å². The fraction of sp³-hybridized carbons (Fsp3) is 0.200. The zero-order chi connectivity index (χ0) is 8.97. The molecule has 0 atom stereocenters. The van der Waals surface area contributed by atoms with E-state index in [4.69, 9.17) is 4.74 Å². The van der Waals surface area contributed by atoms with Gasteiger partial charge in [0.05, 0.1) is 6.61 Å². The highest BCUT2D eigenvalue weighted by atomic mass is 16.5. The van der Waals surface area contributed by atoms with E-state index in [9.17, 15) is 4.79 Å². The van der Waals surface area contributed by atoms with Crippen molar-refractivity contribution in [3.63, 3.8) is 0 Å². The Morgan fingerprint density at radius 3 is 2.83 bits per heavy atom. The van der Waals surface area contributed by atoms with Crippen LogP contribution in [-0.2, 0) is 0 Å². The molecular weight excluding hydrogens is 152 g/mol. The molecule has 0 unspecified atom stereocenters. The van der Waals surface area contributed by atoms with E-state index in [1.807, 2.05) is 6.92 Å². The number of hydrogen-bond donors (Lipinski definition) is 0. The van der Waals surface area contributed by atoms with Crippen molar-refractivity contribution in [1.82, 2.24) is 0 Å². The molecule has 2 nitrogen and oxygen atoms in total. The minimum Gasteiger partial charge on any atom is -0.493 e. The highest BCUT2D eigenvalue weighted by molar-refractivity contribution is 5.75. The van der Waals surface area contributed by atoms with E-state index in [2.05, 4.69) is 6.92 Å². The van der Waals surface area contributed by atoms with Crippen LogP contribution in [0.25, 0.3) is 0 Å². The molecule has 0 aliphatic carbocycles. The number of benzene rings is 1. The minimum atomic E-state index is 0.404. The maximum absolute atomic E-state index is 10.4. The lowest BCUT2D eigenvalue weighted by atomic mass is 10.1. The summed E-state index contributed by atoms with van der Waals surface area (Å²) in [6, 6.07) is 5.30. The topological polar surface area (TPSA) is 26.3 Å². The Labute approximate surface area is 72.2 Å². The van der Waals surface area contributed by atoms with Crippen LogP contribution in [-0.4, -0.2) is 12.9 Å². The van der Waals surface area contributed by atoms with E-state index < -0.39 is 0 Å². The smallest absolute Gasteiger partial charge is 0.150 e. The molecule has 1 aromatic rings. The molecule has 0 fully saturated rings. The first kappa shape index (κ1) is 8.78. The van der Waals surface area contributed by atoms with Gasteiger partial charge in [0, 0.05) is 5.56 Å². The van der Waals surface area contributed by atoms with E-state index in [0.717, 1.165) is 17.6 Å². The molecule has 0 spiro atoms. The van der Waals surface area contributed by atoms with Crippen molar-refractivity contribution in [2.45, 2.75) is 6.92 Å². The monoisotopic (exact) mass is 163 g/mol. The summed E-state index contributed by atoms with van der Waals surface area (Å²) in [7, 11) is 0. The van der Waals surface area contributed by atoms with Crippen LogP contribution < -0.4 is 4.74 Å². The fourth-order valence-electron chi connectivity index (χ4n) is 1.02. The Kier molecular flexibility index (Phi) is 2.86. The van der Waals surface area contributed by atoms with Gasteiger partial charge in [-0.1, -0.05) is 0 Å². The molecule has 1 aromatic carbocycles. The number of carbonyl (C=O) groups is 1. The number of aldehydes is 1. The van der Waals surface area contributed by atoms with Crippen LogP contribution in [0, 0.1) is 13.8 Å². The third kappa shape index (κ3) is 1.84. The predicted octanol–water partition coefficient (Wildman–Crippen LogP) is 2.02. The zero-order valence-corrected chi connectivity index (χ0v) is 7.04. The summed E-state index contributed by atoms with van der Waals surface area (Å²) < 4.78 is 5.21. The highest BCUT2D eigenvalue weighted by Crippen LogP contribution is 2.17. The third-order valence-corrected chi connectivity index (χ3v) is 1.59. The summed E-state index contributed by atoms with van der Waals surface area (Å²) in [4.78, 5) is 10.4. The van der Waals surface area contributed by atoms with E-state index in [1.54, 1.807) is 18.2 Å². The van der Waals surface area contributed by atoms with Gasteiger partial charge < -0.3 is 4.74 Å². The van der Waals surface area contributed by atoms with E-state index in [0.29, 0.717) is 12.2 Å². The van der Waals surface area contributed by atoms with Crippen LogP contribution in [0.15, 0.2) is 18.2 Å². The van der Waals surface area contributed by atoms with Crippen molar-refractivity contribution in [2.75, 3.05) is 6.61 Å². The van der Waals surface area contributed by atoms with Crippen LogP contribution in [0.3, 0.4) is 0 Å². The van der Waals surface area contributed by atoms with E-state index in [1.165, 1.54) is 0 Å². The molecule has 0 saturated carbocycles. The Balaban J connectivity index is 2.94. The van der Waals surface area contributed by atoms with Crippen molar-refractivity contribution in [3.05, 3.63) is 36.2 Å². The number of hydrogen-bond acceptors (Lipinski definition) is 2. The SMILES string of the molecule is [CH2]COc1ccc(C=O)cc1C. The summed E-state index contributed by atoms with van der Waals surface area (Å²) in [5, 5.41) is 0. The third-order valence-electron chi connectivity index (χ3n) is 1.59. The Morgan fingerprint density at radius 2 is 2.33 bits per heavy atom. The number of rotatable bonds is 3. The van der Waals surface area contributed by atoms with Gasteiger partial charge >= 0.3 is 0 Å². The van der Waals surface area contributed by atoms with Crippen LogP contribution in [0.1, 0.15) is 15.9 Å². The Morgan fingerprint density at radius 1 is 1.58 bits per heavy atom. The first-order chi connectivity index (χ1) is 5.77. The number of ether oxygens (including phenoxy) is 1. The average molecular weight is 163 g/mol. The maximum atomic E-state index is 10.4. The molecule has 1 rings (SSSR count). The Hall–Kier alpha value is -1.31. The van der Waals surface area contributed by atoms with Gasteiger partial charge in [-0.25, -0.2) is 0 Å². The molecule has 0 amide bonds. The lowest BCUT2D eigenvalue weighted by molar-refractivity contribution is 0.112. The standard InChI is InChI=1S/C10H11O2/c1-3-12-10-5-4-9(7-11)6-8(10)2/h4-7H,1,3H2,2H3. The molecule has 0 N–H and O–H groups in total. The summed E-state index contributed by atoms with van der Waals surface area (Å²) in [5.74, 6) is 0.788. The van der Waals surface area contributed by atoms with Crippen LogP contribution >= 0.6 is 0 Å². The lowest BCUT2D eigenvalue weighted by Crippen LogP contribution is -1.94. The van der Waals surface area contributed by atoms with Crippen molar-refractivity contribution in [3.8, 4) is 5.75 Å². The summed E-state index contributed by atoms with van der Waals surface area (Å²) >= 11 is 0. The molecule has 0 saturated heterocycles. The zero-order valence-electron chi connectivity index (χ0n) is 7.04. The number of carbonyl (C=O) groups excluding carboxylic acids is 1. The molecule has 63 valence electrons. The van der Waals surface area contributed by atoms with Crippen molar-refractivity contribution in [2.24, 2.45) is 0 Å². The second-order valence-corrected chi connectivity index (χ2v) is 2.49. The van der Waals surface area contributed by atoms with Gasteiger partial charge in [0.25, 0.3) is 0 Å². The highest BCUT2D eigenvalue weighted by Gasteiger charge is 1.98. The van der Waals surface area contributed by atoms with Crippen molar-refractivity contribution < 1.29 is 9.53 Å². The van der Waals surface area contributed by atoms with Gasteiger partial charge in [-0.2, -0.15) is 0 Å². The molecule has 0 heterocycles. The number of aryl methyl sites for hydroxylation is 1. The van der Waals surface area contributed by atoms with Gasteiger partial charge in [0.15, 0.2) is 0 Å². The summed E-state index contributed by atoms with van der Waals surface area (Å²) in [6.07, 6.45) is 0.820. The first-order valence-electron chi connectivity index (χ1n) is 3.76. The van der Waals surface area contributed by atoms with Crippen molar-refractivity contribution >= 4 is 6.29 Å². The molecule has 1 radical (unpaired) electrons. The van der Waals surface area contributed by atoms with Gasteiger partial charge in [-0.15, -0.1) is 0 Å². The quantitative estimate of drug-likeness (QED) is 0.637. The van der Waals surface area contributed by atoms with Crippen LogP contribution in [0.2, 0.25) is 0 Å². The second-order valence-electron chi connectivity index (χ2n) is 2.49. The summed E-state index contributed by atoms with van der Waals surface area (Å²) in [6.45, 7) is 5.88. The van der Waals surface area contributed by atoms with Gasteiger partial charge in [-0.3, -0.25) is 4.79 Å². The van der Waals surface area contributed by atoms with Crippen LogP contribution in [0.5, 0.6) is 5.75 Å². The second kappa shape index (κ2) is 3.90. The molecule has 2 heteroatoms. The predicted molar refractivity (Wildman–Crippen MR) is 47.4 cm³/mol. The molecule has 0 aromatic heterocycles. The molecule has 0 aliphatic rings. The van der Waals surface area contributed by atoms with Gasteiger partial charge in [-0.05, 0) is 37.6 Å². The van der Waals surface area contributed by atoms with Gasteiger partial charge in [0.1, 0.15) is 12.0 Å². The minimum absolute atomic E-state index is 0.404. The Bertz CT molecular complexity index is 279. The van der Waals surface area contributed by atoms with Gasteiger partial charge in [0.2, 0.25) is 0 Å². The molecular formula is C10H11O2. The first-order valence-corrected chi connectivity index (χ1v) is 3.76. The molecule has 0 aliphatic heterocycles. The molecule has 0 bridgehead atoms. The average Bonchev–Trinajstić information content (AvgIpc) is 2.09. The normalized spacial score (nSPS) is 9.50. The van der Waals surface area contributed by atoms with E-state index in [-0.39, 0.29) is 0 Å². The molecule has 12 heavy (non-hydrogen) atoms. The lowest BCUT2D eigenvalue weighted by Gasteiger charge is -2.05. The summed E-state index contributed by atoms with van der Waals surface area (Å²) in [5.41, 5.74) is 1.63.